The molecule has 24 heavy (non-hydrogen) atoms. The average Bonchev–Trinajstić information content (AvgIpc) is 3.06. The van der Waals surface area contributed by atoms with E-state index >= 15 is 0 Å². The molecule has 1 aromatic rings. The molecule has 4 unspecified atom stereocenters. The van der Waals surface area contributed by atoms with E-state index in [0.717, 1.165) is 19.4 Å². The molecule has 1 saturated carbocycles. The van der Waals surface area contributed by atoms with E-state index in [4.69, 9.17) is 4.74 Å². The molecule has 0 amide bonds. The molecule has 4 atom stereocenters. The molecule has 3 heterocycles. The van der Waals surface area contributed by atoms with E-state index in [0.29, 0.717) is 17.3 Å². The molecule has 5 rings (SSSR count). The number of hydrogen-bond acceptors (Lipinski definition) is 4. The maximum atomic E-state index is 12.0. The monoisotopic (exact) mass is 341 g/mol. The fourth-order valence-electron chi connectivity index (χ4n) is 5.25. The van der Waals surface area contributed by atoms with Crippen LogP contribution in [0.2, 0.25) is 0 Å². The lowest BCUT2D eigenvalue weighted by molar-refractivity contribution is -0.148. The molecule has 3 nitrogen and oxygen atoms in total. The molecular weight excluding hydrogens is 318 g/mol. The van der Waals surface area contributed by atoms with Crippen molar-refractivity contribution in [2.45, 2.75) is 66.9 Å². The van der Waals surface area contributed by atoms with E-state index in [1.165, 1.54) is 35.3 Å². The largest absolute Gasteiger partial charge is 0.450 e. The average molecular weight is 341 g/mol. The molecule has 0 radical (unpaired) electrons. The highest BCUT2D eigenvalue weighted by molar-refractivity contribution is 8.00. The topological polar surface area (TPSA) is 29.5 Å². The highest BCUT2D eigenvalue weighted by atomic mass is 32.2. The minimum Gasteiger partial charge on any atom is -0.450 e. The lowest BCUT2D eigenvalue weighted by Gasteiger charge is -2.38. The van der Waals surface area contributed by atoms with Crippen LogP contribution >= 0.6 is 11.8 Å². The van der Waals surface area contributed by atoms with Gasteiger partial charge in [-0.05, 0) is 50.4 Å². The number of thioether (sulfide) groups is 1. The third kappa shape index (κ3) is 2.12. The van der Waals surface area contributed by atoms with E-state index < -0.39 is 0 Å². The molecule has 0 aromatic heterocycles. The minimum absolute atomic E-state index is 0.114. The zero-order chi connectivity index (χ0) is 16.3. The second-order valence-corrected chi connectivity index (χ2v) is 8.99. The third-order valence-corrected chi connectivity index (χ3v) is 7.63. The van der Waals surface area contributed by atoms with E-state index in [-0.39, 0.29) is 11.6 Å². The summed E-state index contributed by atoms with van der Waals surface area (Å²) in [5, 5.41) is 0.518. The van der Waals surface area contributed by atoms with Crippen molar-refractivity contribution in [3.05, 3.63) is 41.5 Å². The Morgan fingerprint density at radius 2 is 2.08 bits per heavy atom. The van der Waals surface area contributed by atoms with Gasteiger partial charge in [0.2, 0.25) is 0 Å². The summed E-state index contributed by atoms with van der Waals surface area (Å²) >= 11 is 1.99. The van der Waals surface area contributed by atoms with Gasteiger partial charge in [0.05, 0.1) is 6.04 Å². The summed E-state index contributed by atoms with van der Waals surface area (Å²) < 4.78 is 5.95. The highest BCUT2D eigenvalue weighted by Crippen LogP contribution is 2.56. The number of esters is 1. The van der Waals surface area contributed by atoms with E-state index in [2.05, 4.69) is 36.1 Å². The Morgan fingerprint density at radius 1 is 1.25 bits per heavy atom. The van der Waals surface area contributed by atoms with Gasteiger partial charge >= 0.3 is 5.97 Å². The van der Waals surface area contributed by atoms with Crippen molar-refractivity contribution in [3.63, 3.8) is 0 Å². The maximum absolute atomic E-state index is 12.0. The number of rotatable bonds is 2. The van der Waals surface area contributed by atoms with Gasteiger partial charge in [0, 0.05) is 28.7 Å². The summed E-state index contributed by atoms with van der Waals surface area (Å²) in [5.74, 6) is -0.114. The van der Waals surface area contributed by atoms with Crippen molar-refractivity contribution >= 4 is 17.7 Å². The summed E-state index contributed by atoms with van der Waals surface area (Å²) in [6.45, 7) is 3.29. The van der Waals surface area contributed by atoms with Gasteiger partial charge in [0.1, 0.15) is 0 Å². The van der Waals surface area contributed by atoms with Gasteiger partial charge in [0.25, 0.3) is 0 Å². The lowest BCUT2D eigenvalue weighted by Crippen LogP contribution is -2.48. The van der Waals surface area contributed by atoms with Crippen molar-refractivity contribution in [1.29, 1.82) is 0 Å². The van der Waals surface area contributed by atoms with Crippen LogP contribution in [0.4, 0.5) is 0 Å². The Bertz CT molecular complexity index is 713. The molecule has 2 saturated heterocycles. The Balaban J connectivity index is 1.48. The van der Waals surface area contributed by atoms with Crippen molar-refractivity contribution in [2.75, 3.05) is 6.54 Å². The van der Waals surface area contributed by atoms with Crippen LogP contribution in [0.3, 0.4) is 0 Å². The minimum atomic E-state index is -0.285. The van der Waals surface area contributed by atoms with Gasteiger partial charge in [-0.3, -0.25) is 4.90 Å². The fraction of sp³-hybridized carbons (Fsp3) is 0.550. The van der Waals surface area contributed by atoms with Crippen LogP contribution in [0.15, 0.2) is 40.8 Å². The summed E-state index contributed by atoms with van der Waals surface area (Å²) in [4.78, 5) is 16.1. The van der Waals surface area contributed by atoms with Gasteiger partial charge < -0.3 is 4.74 Å². The van der Waals surface area contributed by atoms with Crippen molar-refractivity contribution in [1.82, 2.24) is 4.90 Å². The molecule has 4 heteroatoms. The van der Waals surface area contributed by atoms with Crippen LogP contribution in [-0.2, 0) is 9.53 Å². The molecule has 1 spiro atoms. The highest BCUT2D eigenvalue weighted by Gasteiger charge is 2.63. The smallest absolute Gasteiger partial charge is 0.331 e. The number of aryl methyl sites for hydroxylation is 1. The summed E-state index contributed by atoms with van der Waals surface area (Å²) in [6, 6.07) is 9.79. The normalized spacial score (nSPS) is 37.6. The van der Waals surface area contributed by atoms with E-state index in [1.807, 2.05) is 11.8 Å². The number of nitrogens with zero attached hydrogens (tertiary/aromatic N) is 1. The van der Waals surface area contributed by atoms with Gasteiger partial charge in [0.15, 0.2) is 5.60 Å². The third-order valence-electron chi connectivity index (χ3n) is 6.30. The molecule has 3 aliphatic heterocycles. The Morgan fingerprint density at radius 3 is 2.92 bits per heavy atom. The number of ether oxygens (including phenoxy) is 1. The number of carbonyl (C=O) groups is 1. The second kappa shape index (κ2) is 5.37. The number of benzene rings is 1. The molecule has 2 bridgehead atoms. The zero-order valence-corrected chi connectivity index (χ0v) is 14.8. The van der Waals surface area contributed by atoms with Crippen LogP contribution in [0.25, 0.3) is 0 Å². The number of carbonyl (C=O) groups excluding carboxylic acids is 1. The lowest BCUT2D eigenvalue weighted by atomic mass is 9.77. The van der Waals surface area contributed by atoms with Crippen molar-refractivity contribution in [3.8, 4) is 0 Å². The molecule has 3 fully saturated rings. The first kappa shape index (κ1) is 15.0. The van der Waals surface area contributed by atoms with Crippen molar-refractivity contribution in [2.24, 2.45) is 0 Å². The quantitative estimate of drug-likeness (QED) is 0.767. The van der Waals surface area contributed by atoms with Gasteiger partial charge in [-0.1, -0.05) is 24.1 Å². The van der Waals surface area contributed by atoms with Gasteiger partial charge in [-0.15, -0.1) is 11.8 Å². The second-order valence-electron chi connectivity index (χ2n) is 7.67. The fourth-order valence-corrected chi connectivity index (χ4v) is 6.57. The Hall–Kier alpha value is -1.26. The standard InChI is InChI=1S/C20H23NO2S/c1-13-5-7-15(8-6-13)24-17-10-14-11-19(22)23-20(14)12-16(17)21-9-3-2-4-18(20)21/h5-8,11,16-18H,2-4,9-10,12H2,1H3. The van der Waals surface area contributed by atoms with Crippen LogP contribution in [0, 0.1) is 6.92 Å². The van der Waals surface area contributed by atoms with Crippen LogP contribution in [0.5, 0.6) is 0 Å². The van der Waals surface area contributed by atoms with E-state index in [9.17, 15) is 4.79 Å². The van der Waals surface area contributed by atoms with Crippen LogP contribution in [-0.4, -0.2) is 40.3 Å². The maximum Gasteiger partial charge on any atom is 0.331 e. The predicted molar refractivity (Wildman–Crippen MR) is 95.1 cm³/mol. The number of fused-ring (bicyclic) bond motifs is 3. The van der Waals surface area contributed by atoms with Gasteiger partial charge in [-0.2, -0.15) is 0 Å². The molecular formula is C20H23NO2S. The Kier molecular flexibility index (Phi) is 3.36. The first-order chi connectivity index (χ1) is 11.7. The summed E-state index contributed by atoms with van der Waals surface area (Å²) in [5.41, 5.74) is 2.28. The van der Waals surface area contributed by atoms with Crippen LogP contribution in [0.1, 0.15) is 37.7 Å². The first-order valence-electron chi connectivity index (χ1n) is 9.09. The Labute approximate surface area is 147 Å². The van der Waals surface area contributed by atoms with Crippen LogP contribution < -0.4 is 0 Å². The SMILES string of the molecule is Cc1ccc(SC2CC3=CC(=O)OC34CC2N2CCCCC24)cc1. The summed E-state index contributed by atoms with van der Waals surface area (Å²) in [6.07, 6.45) is 7.50. The summed E-state index contributed by atoms with van der Waals surface area (Å²) in [7, 11) is 0. The number of hydrogen-bond donors (Lipinski definition) is 0. The van der Waals surface area contributed by atoms with E-state index in [1.54, 1.807) is 6.08 Å². The first-order valence-corrected chi connectivity index (χ1v) is 9.97. The number of piperidine rings is 1. The molecule has 126 valence electrons. The molecule has 0 N–H and O–H groups in total. The van der Waals surface area contributed by atoms with Gasteiger partial charge in [-0.25, -0.2) is 4.79 Å². The predicted octanol–water partition coefficient (Wildman–Crippen LogP) is 3.71. The zero-order valence-electron chi connectivity index (χ0n) is 14.0. The molecule has 1 aliphatic carbocycles. The molecule has 1 aromatic carbocycles. The molecule has 4 aliphatic rings. The van der Waals surface area contributed by atoms with Crippen molar-refractivity contribution < 1.29 is 9.53 Å².